The van der Waals surface area contributed by atoms with E-state index in [4.69, 9.17) is 9.47 Å². The Balaban J connectivity index is 1.54. The van der Waals surface area contributed by atoms with E-state index in [9.17, 15) is 14.4 Å². The number of para-hydroxylation sites is 1. The maximum absolute atomic E-state index is 13.5. The van der Waals surface area contributed by atoms with Gasteiger partial charge in [-0.3, -0.25) is 9.59 Å². The summed E-state index contributed by atoms with van der Waals surface area (Å²) in [5.74, 6) is -0.120. The highest BCUT2D eigenvalue weighted by atomic mass is 16.6. The summed E-state index contributed by atoms with van der Waals surface area (Å²) in [6.07, 6.45) is 8.31. The maximum Gasteiger partial charge on any atom is 0.408 e. The van der Waals surface area contributed by atoms with Crippen molar-refractivity contribution in [3.05, 3.63) is 54.4 Å². The van der Waals surface area contributed by atoms with Crippen LogP contribution >= 0.6 is 0 Å². The molecule has 10 nitrogen and oxygen atoms in total. The molecule has 38 heavy (non-hydrogen) atoms. The molecule has 1 saturated heterocycles. The Bertz CT molecular complexity index is 1150. The highest BCUT2D eigenvalue weighted by Crippen LogP contribution is 2.22. The fraction of sp³-hybridized carbons (Fsp3) is 0.500. The summed E-state index contributed by atoms with van der Waals surface area (Å²) in [4.78, 5) is 41.0. The molecule has 2 N–H and O–H groups in total. The van der Waals surface area contributed by atoms with Gasteiger partial charge in [0, 0.05) is 19.1 Å². The molecule has 0 spiro atoms. The lowest BCUT2D eigenvalue weighted by Gasteiger charge is -2.35. The topological polar surface area (TPSA) is 115 Å². The maximum atomic E-state index is 13.5. The molecule has 0 radical (unpaired) electrons. The number of hydrogen-bond donors (Lipinski definition) is 2. The number of amides is 3. The molecule has 1 aromatic carbocycles. The molecule has 0 saturated carbocycles. The van der Waals surface area contributed by atoms with Crippen molar-refractivity contribution < 1.29 is 23.9 Å². The molecular formula is C28H37N5O5. The van der Waals surface area contributed by atoms with Crippen molar-refractivity contribution in [3.8, 4) is 11.4 Å². The molecule has 10 heteroatoms. The second-order valence-electron chi connectivity index (χ2n) is 10.6. The zero-order valence-electron chi connectivity index (χ0n) is 22.3. The molecule has 3 amide bonds. The number of hydrogen-bond acceptors (Lipinski definition) is 6. The number of aromatic nitrogens is 2. The number of allylic oxidation sites excluding steroid dienone is 1. The lowest BCUT2D eigenvalue weighted by atomic mass is 10.0. The van der Waals surface area contributed by atoms with Crippen molar-refractivity contribution >= 4 is 17.9 Å². The summed E-state index contributed by atoms with van der Waals surface area (Å²) in [6.45, 7) is 6.54. The van der Waals surface area contributed by atoms with Gasteiger partial charge in [-0.15, -0.1) is 0 Å². The number of fused-ring (bicyclic) bond motifs is 3. The summed E-state index contributed by atoms with van der Waals surface area (Å²) in [5, 5.41) is 10.3. The highest BCUT2D eigenvalue weighted by Gasteiger charge is 2.32. The minimum atomic E-state index is -0.704. The molecule has 4 rings (SSSR count). The Kier molecular flexibility index (Phi) is 8.70. The van der Waals surface area contributed by atoms with Gasteiger partial charge in [0.1, 0.15) is 18.2 Å². The van der Waals surface area contributed by atoms with E-state index in [-0.39, 0.29) is 30.2 Å². The predicted octanol–water partition coefficient (Wildman–Crippen LogP) is 3.61. The monoisotopic (exact) mass is 523 g/mol. The van der Waals surface area contributed by atoms with Crippen LogP contribution in [0, 0.1) is 0 Å². The van der Waals surface area contributed by atoms with Crippen LogP contribution in [-0.2, 0) is 9.53 Å². The molecule has 2 atom stereocenters. The van der Waals surface area contributed by atoms with Crippen molar-refractivity contribution in [2.75, 3.05) is 19.7 Å². The van der Waals surface area contributed by atoms with E-state index in [1.54, 1.807) is 36.5 Å². The van der Waals surface area contributed by atoms with E-state index in [0.717, 1.165) is 18.5 Å². The largest absolute Gasteiger partial charge is 0.485 e. The van der Waals surface area contributed by atoms with E-state index in [1.807, 2.05) is 42.5 Å². The summed E-state index contributed by atoms with van der Waals surface area (Å²) in [5.41, 5.74) is 0.346. The van der Waals surface area contributed by atoms with E-state index in [0.29, 0.717) is 38.1 Å². The van der Waals surface area contributed by atoms with E-state index in [1.165, 1.54) is 0 Å². The molecule has 3 heterocycles. The first kappa shape index (κ1) is 27.2. The molecule has 1 aromatic heterocycles. The van der Waals surface area contributed by atoms with E-state index >= 15 is 0 Å². The lowest BCUT2D eigenvalue weighted by Crippen LogP contribution is -2.55. The average Bonchev–Trinajstić information content (AvgIpc) is 3.30. The minimum absolute atomic E-state index is 0.164. The van der Waals surface area contributed by atoms with E-state index < -0.39 is 17.7 Å². The summed E-state index contributed by atoms with van der Waals surface area (Å²) in [7, 11) is 0. The number of rotatable bonds is 2. The van der Waals surface area contributed by atoms with Gasteiger partial charge >= 0.3 is 6.09 Å². The van der Waals surface area contributed by atoms with Crippen LogP contribution in [0.25, 0.3) is 5.69 Å². The number of nitrogens with zero attached hydrogens (tertiary/aromatic N) is 3. The van der Waals surface area contributed by atoms with Crippen molar-refractivity contribution in [1.82, 2.24) is 25.3 Å². The van der Waals surface area contributed by atoms with Gasteiger partial charge in [0.15, 0.2) is 11.4 Å². The number of carbonyl (C=O) groups is 3. The molecule has 2 aromatic rings. The third-order valence-corrected chi connectivity index (χ3v) is 6.34. The molecule has 2 aliphatic heterocycles. The van der Waals surface area contributed by atoms with Crippen LogP contribution in [0.2, 0.25) is 0 Å². The van der Waals surface area contributed by atoms with E-state index in [2.05, 4.69) is 15.7 Å². The predicted molar refractivity (Wildman–Crippen MR) is 142 cm³/mol. The van der Waals surface area contributed by atoms with Crippen LogP contribution in [0.5, 0.6) is 5.75 Å². The van der Waals surface area contributed by atoms with Gasteiger partial charge in [-0.1, -0.05) is 30.4 Å². The Hall–Kier alpha value is -3.82. The zero-order valence-corrected chi connectivity index (χ0v) is 22.3. The van der Waals surface area contributed by atoms with Gasteiger partial charge in [0.25, 0.3) is 5.91 Å². The van der Waals surface area contributed by atoms with Crippen molar-refractivity contribution in [2.45, 2.75) is 70.6 Å². The minimum Gasteiger partial charge on any atom is -0.485 e. The molecule has 1 unspecified atom stereocenters. The van der Waals surface area contributed by atoms with Crippen LogP contribution in [0.1, 0.15) is 63.4 Å². The first-order valence-corrected chi connectivity index (χ1v) is 13.2. The number of carbonyl (C=O) groups excluding carboxylic acids is 3. The SMILES string of the molecule is CC(C)(C)OC(=O)NC1CCC/C=C/COc2cn(-c3ccccc3)nc2C(=O)N[C@H]2CCCN(C2)C1=O. The lowest BCUT2D eigenvalue weighted by molar-refractivity contribution is -0.135. The van der Waals surface area contributed by atoms with Crippen LogP contribution < -0.4 is 15.4 Å². The van der Waals surface area contributed by atoms with Gasteiger partial charge in [-0.05, 0) is 65.0 Å². The van der Waals surface area contributed by atoms with Crippen molar-refractivity contribution in [2.24, 2.45) is 0 Å². The molecule has 0 aliphatic carbocycles. The Morgan fingerprint density at radius 3 is 2.68 bits per heavy atom. The summed E-state index contributed by atoms with van der Waals surface area (Å²) in [6, 6.07) is 8.58. The fourth-order valence-corrected chi connectivity index (χ4v) is 4.57. The van der Waals surface area contributed by atoms with Crippen LogP contribution in [0.4, 0.5) is 4.79 Å². The van der Waals surface area contributed by atoms with Crippen LogP contribution in [0.15, 0.2) is 48.7 Å². The Morgan fingerprint density at radius 1 is 1.13 bits per heavy atom. The van der Waals surface area contributed by atoms with Crippen LogP contribution in [-0.4, -0.2) is 70.0 Å². The molecule has 2 aliphatic rings. The smallest absolute Gasteiger partial charge is 0.408 e. The average molecular weight is 524 g/mol. The van der Waals surface area contributed by atoms with Gasteiger partial charge < -0.3 is 25.0 Å². The standard InChI is InChI=1S/C28H37N5O5/c1-28(2,3)38-27(36)30-22-15-9-4-5-10-17-37-23-19-33(21-13-7-6-8-14-21)31-24(23)25(34)29-20-12-11-16-32(18-20)26(22)35/h5-8,10,13-14,19-20,22H,4,9,11-12,15-18H2,1-3H3,(H,29,34)(H,30,36)/b10-5+/t20-,22?/m0/s1. The Labute approximate surface area is 223 Å². The normalized spacial score (nSPS) is 22.0. The first-order chi connectivity index (χ1) is 18.2. The highest BCUT2D eigenvalue weighted by molar-refractivity contribution is 5.95. The second kappa shape index (κ2) is 12.1. The summed E-state index contributed by atoms with van der Waals surface area (Å²) >= 11 is 0. The van der Waals surface area contributed by atoms with Gasteiger partial charge in [-0.2, -0.15) is 5.10 Å². The van der Waals surface area contributed by atoms with Crippen LogP contribution in [0.3, 0.4) is 0 Å². The van der Waals surface area contributed by atoms with Gasteiger partial charge in [0.05, 0.1) is 11.9 Å². The number of alkyl carbamates (subject to hydrolysis) is 1. The van der Waals surface area contributed by atoms with Crippen molar-refractivity contribution in [1.29, 1.82) is 0 Å². The third kappa shape index (κ3) is 7.36. The van der Waals surface area contributed by atoms with Gasteiger partial charge in [0.2, 0.25) is 5.91 Å². The molecule has 204 valence electrons. The molecule has 1 fully saturated rings. The zero-order chi connectivity index (χ0) is 27.1. The first-order valence-electron chi connectivity index (χ1n) is 13.2. The molecule has 2 bridgehead atoms. The number of benzene rings is 1. The number of piperidine rings is 1. The second-order valence-corrected chi connectivity index (χ2v) is 10.6. The fourth-order valence-electron chi connectivity index (χ4n) is 4.57. The number of ether oxygens (including phenoxy) is 2. The van der Waals surface area contributed by atoms with Gasteiger partial charge in [-0.25, -0.2) is 9.48 Å². The summed E-state index contributed by atoms with van der Waals surface area (Å²) < 4.78 is 13.0. The quantitative estimate of drug-likeness (QED) is 0.582. The third-order valence-electron chi connectivity index (χ3n) is 6.34. The molecular weight excluding hydrogens is 486 g/mol. The Morgan fingerprint density at radius 2 is 1.92 bits per heavy atom. The number of nitrogens with one attached hydrogen (secondary N) is 2. The van der Waals surface area contributed by atoms with Crippen molar-refractivity contribution in [3.63, 3.8) is 0 Å².